The SMILES string of the molecule is CCN(c1ncc2nc(C)n(CC#Cc3ccc(Cl)cc3-c3ccnc4c(C(=O)NS(=O)(=O)c5cccnc5)csc34)c(=O)c2c1C#N)C1CCN(C2CC(F)C2)CC1. The van der Waals surface area contributed by atoms with Crippen LogP contribution in [-0.2, 0) is 16.6 Å². The Hall–Kier alpha value is -5.78. The van der Waals surface area contributed by atoms with E-state index in [1.807, 2.05) is 6.92 Å². The molecule has 6 aromatic rings. The third kappa shape index (κ3) is 7.77. The Morgan fingerprint density at radius 2 is 1.92 bits per heavy atom. The van der Waals surface area contributed by atoms with Gasteiger partial charge in [-0.15, -0.1) is 11.3 Å². The number of thiophene rings is 1. The number of fused-ring (bicyclic) bond motifs is 2. The number of alkyl halides is 1. The van der Waals surface area contributed by atoms with Crippen LogP contribution >= 0.6 is 22.9 Å². The zero-order valence-electron chi connectivity index (χ0n) is 32.0. The number of nitrogens with one attached hydrogen (secondary N) is 1. The van der Waals surface area contributed by atoms with Crippen LogP contribution in [0.3, 0.4) is 0 Å². The number of carbonyl (C=O) groups is 1. The second-order valence-corrected chi connectivity index (χ2v) is 17.5. The number of sulfonamides is 1. The van der Waals surface area contributed by atoms with Gasteiger partial charge in [0.1, 0.15) is 34.3 Å². The van der Waals surface area contributed by atoms with E-state index in [9.17, 15) is 27.7 Å². The van der Waals surface area contributed by atoms with Crippen molar-refractivity contribution in [3.63, 3.8) is 0 Å². The van der Waals surface area contributed by atoms with Gasteiger partial charge in [-0.05, 0) is 75.9 Å². The van der Waals surface area contributed by atoms with E-state index in [0.29, 0.717) is 74.5 Å². The predicted molar refractivity (Wildman–Crippen MR) is 225 cm³/mol. The summed E-state index contributed by atoms with van der Waals surface area (Å²) in [5.74, 6) is 6.31. The van der Waals surface area contributed by atoms with Gasteiger partial charge in [-0.25, -0.2) is 27.5 Å². The first kappa shape index (κ1) is 40.0. The number of hydrogen-bond donors (Lipinski definition) is 1. The van der Waals surface area contributed by atoms with Gasteiger partial charge in [0.05, 0.1) is 39.4 Å². The molecule has 1 aliphatic heterocycles. The van der Waals surface area contributed by atoms with Gasteiger partial charge in [0, 0.05) is 77.4 Å². The van der Waals surface area contributed by atoms with E-state index in [4.69, 9.17) is 11.6 Å². The summed E-state index contributed by atoms with van der Waals surface area (Å²) in [5, 5.41) is 12.6. The average Bonchev–Trinajstić information content (AvgIpc) is 3.67. The molecule has 8 rings (SSSR count). The van der Waals surface area contributed by atoms with Crippen LogP contribution in [-0.4, -0.2) is 81.6 Å². The molecule has 1 N–H and O–H groups in total. The summed E-state index contributed by atoms with van der Waals surface area (Å²) in [4.78, 5) is 49.4. The van der Waals surface area contributed by atoms with Crippen molar-refractivity contribution in [3.05, 3.63) is 104 Å². The highest BCUT2D eigenvalue weighted by Gasteiger charge is 2.37. The van der Waals surface area contributed by atoms with E-state index in [2.05, 4.69) is 52.4 Å². The molecule has 1 saturated carbocycles. The van der Waals surface area contributed by atoms with Crippen molar-refractivity contribution in [3.8, 4) is 29.0 Å². The maximum absolute atomic E-state index is 14.2. The third-order valence-electron chi connectivity index (χ3n) is 11.0. The smallest absolute Gasteiger partial charge is 0.268 e. The van der Waals surface area contributed by atoms with Gasteiger partial charge in [-0.1, -0.05) is 23.4 Å². The molecular formula is C42H37ClFN9O4S2. The summed E-state index contributed by atoms with van der Waals surface area (Å²) in [5.41, 5.74) is 2.37. The minimum absolute atomic E-state index is 0.0322. The number of halogens is 2. The number of nitrogens with zero attached hydrogens (tertiary/aromatic N) is 8. The zero-order chi connectivity index (χ0) is 41.4. The largest absolute Gasteiger partial charge is 0.353 e. The molecule has 0 unspecified atom stereocenters. The highest BCUT2D eigenvalue weighted by atomic mass is 35.5. The Morgan fingerprint density at radius 1 is 1.12 bits per heavy atom. The fraction of sp³-hybridized carbons (Fsp3) is 0.310. The summed E-state index contributed by atoms with van der Waals surface area (Å²) in [6, 6.07) is 12.4. The number of benzene rings is 1. The fourth-order valence-corrected chi connectivity index (χ4v) is 10.0. The monoisotopic (exact) mass is 849 g/mol. The second-order valence-electron chi connectivity index (χ2n) is 14.5. The Morgan fingerprint density at radius 3 is 2.63 bits per heavy atom. The number of anilines is 1. The van der Waals surface area contributed by atoms with Gasteiger partial charge in [0.25, 0.3) is 21.5 Å². The highest BCUT2D eigenvalue weighted by Crippen LogP contribution is 2.37. The van der Waals surface area contributed by atoms with Gasteiger partial charge >= 0.3 is 0 Å². The van der Waals surface area contributed by atoms with Crippen LogP contribution in [0.15, 0.2) is 76.3 Å². The Bertz CT molecular complexity index is 2890. The van der Waals surface area contributed by atoms with Gasteiger partial charge < -0.3 is 9.80 Å². The van der Waals surface area contributed by atoms with E-state index in [1.54, 1.807) is 42.8 Å². The molecule has 1 aliphatic carbocycles. The first-order valence-corrected chi connectivity index (χ1v) is 21.8. The van der Waals surface area contributed by atoms with Crippen LogP contribution < -0.4 is 15.2 Å². The Labute approximate surface area is 348 Å². The lowest BCUT2D eigenvalue weighted by Gasteiger charge is -2.45. The van der Waals surface area contributed by atoms with Gasteiger partial charge in [0.15, 0.2) is 0 Å². The van der Waals surface area contributed by atoms with Crippen molar-refractivity contribution in [2.75, 3.05) is 24.5 Å². The molecule has 5 aromatic heterocycles. The van der Waals surface area contributed by atoms with Crippen molar-refractivity contribution in [1.29, 1.82) is 5.26 Å². The molecular weight excluding hydrogens is 813 g/mol. The lowest BCUT2D eigenvalue weighted by atomic mass is 9.87. The molecule has 1 saturated heterocycles. The summed E-state index contributed by atoms with van der Waals surface area (Å²) >= 11 is 7.71. The van der Waals surface area contributed by atoms with Crippen LogP contribution in [0.1, 0.15) is 59.9 Å². The number of aryl methyl sites for hydroxylation is 1. The molecule has 2 fully saturated rings. The molecule has 6 heterocycles. The third-order valence-corrected chi connectivity index (χ3v) is 13.6. The first-order valence-electron chi connectivity index (χ1n) is 19.0. The van der Waals surface area contributed by atoms with Gasteiger partial charge in [-0.3, -0.25) is 24.1 Å². The number of hydrogen-bond acceptors (Lipinski definition) is 12. The molecule has 1 amide bonds. The first-order chi connectivity index (χ1) is 28.5. The van der Waals surface area contributed by atoms with E-state index in [0.717, 1.165) is 32.1 Å². The number of carbonyl (C=O) groups excluding carboxylic acids is 1. The minimum Gasteiger partial charge on any atom is -0.353 e. The quantitative estimate of drug-likeness (QED) is 0.163. The summed E-state index contributed by atoms with van der Waals surface area (Å²) in [6.07, 6.45) is 7.82. The van der Waals surface area contributed by atoms with Gasteiger partial charge in [-0.2, -0.15) is 5.26 Å². The lowest BCUT2D eigenvalue weighted by Crippen LogP contribution is -2.52. The number of pyridine rings is 3. The molecule has 13 nitrogen and oxygen atoms in total. The normalized spacial score (nSPS) is 17.2. The highest BCUT2D eigenvalue weighted by molar-refractivity contribution is 7.90. The van der Waals surface area contributed by atoms with Crippen LogP contribution in [0.4, 0.5) is 10.2 Å². The number of rotatable bonds is 9. The molecule has 2 aliphatic rings. The number of piperidine rings is 1. The van der Waals surface area contributed by atoms with E-state index >= 15 is 0 Å². The van der Waals surface area contributed by atoms with Crippen LogP contribution in [0.25, 0.3) is 32.2 Å². The average molecular weight is 850 g/mol. The number of aromatic nitrogens is 5. The van der Waals surface area contributed by atoms with E-state index < -0.39 is 27.7 Å². The molecule has 0 bridgehead atoms. The Balaban J connectivity index is 1.08. The molecule has 59 heavy (non-hydrogen) atoms. The summed E-state index contributed by atoms with van der Waals surface area (Å²) < 4.78 is 43.4. The number of amides is 1. The molecule has 300 valence electrons. The van der Waals surface area contributed by atoms with Crippen molar-refractivity contribution >= 4 is 65.8 Å². The molecule has 0 atom stereocenters. The van der Waals surface area contributed by atoms with Crippen LogP contribution in [0, 0.1) is 30.1 Å². The van der Waals surface area contributed by atoms with Crippen molar-refractivity contribution in [2.24, 2.45) is 0 Å². The van der Waals surface area contributed by atoms with Crippen LogP contribution in [0.2, 0.25) is 5.02 Å². The maximum Gasteiger partial charge on any atom is 0.268 e. The number of likely N-dealkylation sites (tertiary alicyclic amines) is 1. The molecule has 17 heteroatoms. The van der Waals surface area contributed by atoms with Crippen molar-refractivity contribution in [1.82, 2.24) is 34.1 Å². The summed E-state index contributed by atoms with van der Waals surface area (Å²) in [7, 11) is -4.18. The predicted octanol–water partition coefficient (Wildman–Crippen LogP) is 6.26. The number of nitriles is 1. The van der Waals surface area contributed by atoms with Crippen LogP contribution in [0.5, 0.6) is 0 Å². The van der Waals surface area contributed by atoms with Crippen molar-refractivity contribution in [2.45, 2.75) is 69.2 Å². The second kappa shape index (κ2) is 16.5. The standard InChI is InChI=1S/C42H37ClFN9O4S2/c1-3-52(29-11-16-51(17-12-29)30-19-28(44)20-30)40-34(21-45)37-36(23-48-40)49-25(2)53(42(37)55)15-5-6-26-8-9-27(43)18-33(26)32-10-14-47-38-35(24-58-39(32)38)41(54)50-59(56,57)31-7-4-13-46-22-31/h4,7-10,13-14,18,22-24,28-30H,3,11-12,15-17,19-20H2,1-2H3,(H,50,54). The van der Waals surface area contributed by atoms with Gasteiger partial charge in [0.2, 0.25) is 0 Å². The molecule has 0 radical (unpaired) electrons. The Kier molecular flexibility index (Phi) is 11.2. The summed E-state index contributed by atoms with van der Waals surface area (Å²) in [6.45, 7) is 5.95. The molecule has 0 spiro atoms. The zero-order valence-corrected chi connectivity index (χ0v) is 34.4. The van der Waals surface area contributed by atoms with E-state index in [1.165, 1.54) is 40.4 Å². The lowest BCUT2D eigenvalue weighted by molar-refractivity contribution is 0.0379. The van der Waals surface area contributed by atoms with E-state index in [-0.39, 0.29) is 34.0 Å². The van der Waals surface area contributed by atoms with Crippen molar-refractivity contribution < 1.29 is 17.6 Å². The topological polar surface area (TPSA) is 167 Å². The molecule has 1 aromatic carbocycles. The maximum atomic E-state index is 14.2. The fourth-order valence-electron chi connectivity index (χ4n) is 7.89. The minimum atomic E-state index is -4.18.